The Morgan fingerprint density at radius 2 is 1.74 bits per heavy atom. The smallest absolute Gasteiger partial charge is 0.106 e. The van der Waals surface area contributed by atoms with Gasteiger partial charge in [-0.05, 0) is 51.7 Å². The lowest BCUT2D eigenvalue weighted by molar-refractivity contribution is 0.0596. The van der Waals surface area contributed by atoms with Gasteiger partial charge in [-0.15, -0.1) is 0 Å². The Balaban J connectivity index is 1.21. The molecule has 3 fully saturated rings. The van der Waals surface area contributed by atoms with E-state index in [1.807, 2.05) is 0 Å². The van der Waals surface area contributed by atoms with Gasteiger partial charge in [0.05, 0.1) is 0 Å². The van der Waals surface area contributed by atoms with Gasteiger partial charge < -0.3 is 9.88 Å². The van der Waals surface area contributed by atoms with E-state index < -0.39 is 0 Å². The molecule has 0 amide bonds. The van der Waals surface area contributed by atoms with E-state index in [0.29, 0.717) is 0 Å². The van der Waals surface area contributed by atoms with Gasteiger partial charge in [0.1, 0.15) is 5.82 Å². The number of hydrogen-bond acceptors (Lipinski definition) is 4. The van der Waals surface area contributed by atoms with Crippen LogP contribution in [0, 0.1) is 11.8 Å². The van der Waals surface area contributed by atoms with E-state index in [1.54, 1.807) is 0 Å². The van der Waals surface area contributed by atoms with Crippen molar-refractivity contribution in [3.8, 4) is 0 Å². The molecule has 1 N–H and O–H groups in total. The van der Waals surface area contributed by atoms with Crippen molar-refractivity contribution in [2.24, 2.45) is 11.8 Å². The molecule has 4 rings (SSSR count). The highest BCUT2D eigenvalue weighted by atomic mass is 15.3. The third-order valence-electron chi connectivity index (χ3n) is 7.46. The molecule has 1 aromatic heterocycles. The van der Waals surface area contributed by atoms with Crippen molar-refractivity contribution in [3.63, 3.8) is 0 Å². The summed E-state index contributed by atoms with van der Waals surface area (Å²) < 4.78 is 0. The number of likely N-dealkylation sites (N-methyl/N-ethyl adjacent to an activating group) is 1. The highest BCUT2D eigenvalue weighted by Gasteiger charge is 2.29. The summed E-state index contributed by atoms with van der Waals surface area (Å²) in [7, 11) is 2.25. The fourth-order valence-corrected chi connectivity index (χ4v) is 5.44. The van der Waals surface area contributed by atoms with Crippen LogP contribution in [0.15, 0.2) is 6.20 Å². The van der Waals surface area contributed by atoms with Crippen molar-refractivity contribution in [2.75, 3.05) is 46.3 Å². The number of rotatable bonds is 6. The zero-order chi connectivity index (χ0) is 18.6. The molecule has 1 aromatic rings. The van der Waals surface area contributed by atoms with Crippen LogP contribution in [0.2, 0.25) is 0 Å². The van der Waals surface area contributed by atoms with E-state index >= 15 is 0 Å². The molecule has 5 nitrogen and oxygen atoms in total. The predicted octanol–water partition coefficient (Wildman–Crippen LogP) is 2.99. The van der Waals surface area contributed by atoms with Crippen molar-refractivity contribution < 1.29 is 0 Å². The van der Waals surface area contributed by atoms with Crippen LogP contribution in [-0.2, 0) is 13.0 Å². The normalized spacial score (nSPS) is 26.0. The summed E-state index contributed by atoms with van der Waals surface area (Å²) in [5, 5.41) is 0. The van der Waals surface area contributed by atoms with Gasteiger partial charge >= 0.3 is 0 Å². The second kappa shape index (κ2) is 9.06. The number of aromatic amines is 1. The monoisotopic (exact) mass is 373 g/mol. The van der Waals surface area contributed by atoms with Crippen LogP contribution in [0.3, 0.4) is 0 Å². The average Bonchev–Trinajstić information content (AvgIpc) is 3.35. The summed E-state index contributed by atoms with van der Waals surface area (Å²) in [6, 6.07) is 0.742. The first-order valence-electron chi connectivity index (χ1n) is 11.3. The van der Waals surface area contributed by atoms with Crippen LogP contribution in [0.5, 0.6) is 0 Å². The summed E-state index contributed by atoms with van der Waals surface area (Å²) in [5.74, 6) is 2.95. The molecular weight excluding hydrogens is 334 g/mol. The van der Waals surface area contributed by atoms with Gasteiger partial charge in [-0.3, -0.25) is 9.80 Å². The molecule has 0 aromatic carbocycles. The molecule has 3 aliphatic rings. The van der Waals surface area contributed by atoms with E-state index in [1.165, 1.54) is 89.3 Å². The van der Waals surface area contributed by atoms with Gasteiger partial charge in [0.25, 0.3) is 0 Å². The molecule has 27 heavy (non-hydrogen) atoms. The highest BCUT2D eigenvalue weighted by molar-refractivity contribution is 5.03. The molecule has 3 heterocycles. The van der Waals surface area contributed by atoms with Crippen LogP contribution >= 0.6 is 0 Å². The number of imidazole rings is 1. The molecule has 1 saturated carbocycles. The Kier molecular flexibility index (Phi) is 6.51. The third kappa shape index (κ3) is 5.12. The number of hydrogen-bond donors (Lipinski definition) is 1. The maximum atomic E-state index is 4.66. The van der Waals surface area contributed by atoms with Gasteiger partial charge in [-0.1, -0.05) is 25.7 Å². The largest absolute Gasteiger partial charge is 0.345 e. The maximum absolute atomic E-state index is 4.66. The van der Waals surface area contributed by atoms with E-state index in [4.69, 9.17) is 0 Å². The molecule has 2 saturated heterocycles. The van der Waals surface area contributed by atoms with Gasteiger partial charge in [0, 0.05) is 57.1 Å². The van der Waals surface area contributed by atoms with Crippen LogP contribution in [-0.4, -0.2) is 77.0 Å². The molecule has 1 unspecified atom stereocenters. The first-order chi connectivity index (χ1) is 13.2. The number of H-pyrrole nitrogens is 1. The minimum atomic E-state index is 0.742. The molecule has 1 atom stereocenters. The summed E-state index contributed by atoms with van der Waals surface area (Å²) in [6.07, 6.45) is 11.6. The summed E-state index contributed by atoms with van der Waals surface area (Å²) in [6.45, 7) is 10.9. The molecule has 152 valence electrons. The molecule has 0 radical (unpaired) electrons. The van der Waals surface area contributed by atoms with Crippen molar-refractivity contribution >= 4 is 0 Å². The Morgan fingerprint density at radius 1 is 1.04 bits per heavy atom. The second-order valence-corrected chi connectivity index (χ2v) is 9.40. The molecular formula is C22H39N5. The van der Waals surface area contributed by atoms with E-state index in [2.05, 4.69) is 44.8 Å². The molecule has 5 heteroatoms. The molecule has 2 aliphatic heterocycles. The lowest BCUT2D eigenvalue weighted by atomic mass is 9.89. The van der Waals surface area contributed by atoms with Gasteiger partial charge in [-0.25, -0.2) is 4.98 Å². The second-order valence-electron chi connectivity index (χ2n) is 9.40. The van der Waals surface area contributed by atoms with Crippen molar-refractivity contribution in [1.29, 1.82) is 0 Å². The zero-order valence-corrected chi connectivity index (χ0v) is 17.5. The lowest BCUT2D eigenvalue weighted by Gasteiger charge is -2.42. The first-order valence-corrected chi connectivity index (χ1v) is 11.3. The number of nitrogens with one attached hydrogen (secondary N) is 1. The van der Waals surface area contributed by atoms with E-state index in [9.17, 15) is 0 Å². The van der Waals surface area contributed by atoms with Crippen LogP contribution < -0.4 is 0 Å². The number of likely N-dealkylation sites (tertiary alicyclic amines) is 1. The van der Waals surface area contributed by atoms with E-state index in [0.717, 1.165) is 30.8 Å². The molecule has 0 bridgehead atoms. The summed E-state index contributed by atoms with van der Waals surface area (Å²) in [5.41, 5.74) is 1.31. The van der Waals surface area contributed by atoms with Crippen molar-refractivity contribution in [1.82, 2.24) is 24.7 Å². The Labute approximate surface area is 165 Å². The summed E-state index contributed by atoms with van der Waals surface area (Å²) >= 11 is 0. The Morgan fingerprint density at radius 3 is 2.44 bits per heavy atom. The van der Waals surface area contributed by atoms with Crippen LogP contribution in [0.4, 0.5) is 0 Å². The lowest BCUT2D eigenvalue weighted by Crippen LogP contribution is -2.51. The maximum Gasteiger partial charge on any atom is 0.106 e. The van der Waals surface area contributed by atoms with Gasteiger partial charge in [0.2, 0.25) is 0 Å². The fraction of sp³-hybridized carbons (Fsp3) is 0.864. The van der Waals surface area contributed by atoms with Crippen molar-refractivity contribution in [3.05, 3.63) is 17.7 Å². The SMILES string of the molecule is CC(C1CCN(Cc2cnc(CC3CCCC3)[nH]2)CC1)N1CCN(C)CC1. The Bertz CT molecular complexity index is 563. The highest BCUT2D eigenvalue weighted by Crippen LogP contribution is 2.28. The van der Waals surface area contributed by atoms with Gasteiger partial charge in [-0.2, -0.15) is 0 Å². The van der Waals surface area contributed by atoms with Gasteiger partial charge in [0.15, 0.2) is 0 Å². The minimum absolute atomic E-state index is 0.742. The molecule has 1 aliphatic carbocycles. The predicted molar refractivity (Wildman–Crippen MR) is 111 cm³/mol. The number of nitrogens with zero attached hydrogens (tertiary/aromatic N) is 4. The topological polar surface area (TPSA) is 38.4 Å². The van der Waals surface area contributed by atoms with Crippen molar-refractivity contribution in [2.45, 2.75) is 64.5 Å². The molecule has 0 spiro atoms. The number of piperazine rings is 1. The minimum Gasteiger partial charge on any atom is -0.345 e. The first kappa shape index (κ1) is 19.4. The standard InChI is InChI=1S/C22H39N5/c1-18(27-13-11-25(2)12-14-27)20-7-9-26(10-8-20)17-21-16-23-22(24-21)15-19-5-3-4-6-19/h16,18-20H,3-15,17H2,1-2H3,(H,23,24). The fourth-order valence-electron chi connectivity index (χ4n) is 5.44. The number of piperidine rings is 1. The van der Waals surface area contributed by atoms with Crippen LogP contribution in [0.25, 0.3) is 0 Å². The van der Waals surface area contributed by atoms with E-state index in [-0.39, 0.29) is 0 Å². The Hall–Kier alpha value is -0.910. The third-order valence-corrected chi connectivity index (χ3v) is 7.46. The number of aromatic nitrogens is 2. The quantitative estimate of drug-likeness (QED) is 0.832. The summed E-state index contributed by atoms with van der Waals surface area (Å²) in [4.78, 5) is 16.1. The zero-order valence-electron chi connectivity index (χ0n) is 17.5. The average molecular weight is 374 g/mol. The van der Waals surface area contributed by atoms with Crippen LogP contribution in [0.1, 0.15) is 57.0 Å².